The highest BCUT2D eigenvalue weighted by molar-refractivity contribution is 7.10. The maximum Gasteiger partial charge on any atom is 0.301 e. The summed E-state index contributed by atoms with van der Waals surface area (Å²) in [7, 11) is 0. The summed E-state index contributed by atoms with van der Waals surface area (Å²) in [5.41, 5.74) is 1.36. The fourth-order valence-corrected chi connectivity index (χ4v) is 4.07. The lowest BCUT2D eigenvalue weighted by Crippen LogP contribution is -2.30. The van der Waals surface area contributed by atoms with Gasteiger partial charge in [-0.3, -0.25) is 14.5 Å². The normalized spacial score (nSPS) is 18.9. The predicted molar refractivity (Wildman–Crippen MR) is 105 cm³/mol. The van der Waals surface area contributed by atoms with E-state index < -0.39 is 17.7 Å². The SMILES string of the molecule is Cc1cccnc1N1C(=O)C(=O)C(=C(O)c2ccccc2)C1c1cccs1. The highest BCUT2D eigenvalue weighted by atomic mass is 32.1. The van der Waals surface area contributed by atoms with Gasteiger partial charge in [0.15, 0.2) is 0 Å². The Morgan fingerprint density at radius 2 is 1.85 bits per heavy atom. The molecule has 4 rings (SSSR count). The molecule has 1 atom stereocenters. The lowest BCUT2D eigenvalue weighted by Gasteiger charge is -2.24. The second-order valence-electron chi connectivity index (χ2n) is 6.19. The monoisotopic (exact) mass is 376 g/mol. The van der Waals surface area contributed by atoms with Crippen molar-refractivity contribution in [3.05, 3.63) is 87.8 Å². The Labute approximate surface area is 160 Å². The number of carbonyl (C=O) groups excluding carboxylic acids is 2. The van der Waals surface area contributed by atoms with Crippen LogP contribution >= 0.6 is 11.3 Å². The molecule has 1 N–H and O–H groups in total. The molecule has 5 nitrogen and oxygen atoms in total. The summed E-state index contributed by atoms with van der Waals surface area (Å²) in [4.78, 5) is 32.3. The number of ketones is 1. The Kier molecular flexibility index (Phi) is 4.33. The average Bonchev–Trinajstić information content (AvgIpc) is 3.30. The van der Waals surface area contributed by atoms with Crippen LogP contribution in [0, 0.1) is 6.92 Å². The number of hydrogen-bond donors (Lipinski definition) is 1. The number of Topliss-reactive ketones (excluding diaryl/α,β-unsaturated/α-hetero) is 1. The van der Waals surface area contributed by atoms with E-state index in [9.17, 15) is 14.7 Å². The van der Waals surface area contributed by atoms with Crippen LogP contribution in [0.4, 0.5) is 5.82 Å². The van der Waals surface area contributed by atoms with Gasteiger partial charge in [-0.1, -0.05) is 42.5 Å². The number of aromatic nitrogens is 1. The molecule has 3 heterocycles. The van der Waals surface area contributed by atoms with E-state index in [4.69, 9.17) is 0 Å². The second kappa shape index (κ2) is 6.81. The Morgan fingerprint density at radius 1 is 1.07 bits per heavy atom. The van der Waals surface area contributed by atoms with Crippen molar-refractivity contribution in [2.45, 2.75) is 13.0 Å². The Morgan fingerprint density at radius 3 is 2.52 bits per heavy atom. The first-order valence-electron chi connectivity index (χ1n) is 8.41. The van der Waals surface area contributed by atoms with Crippen LogP contribution in [0.25, 0.3) is 5.76 Å². The van der Waals surface area contributed by atoms with E-state index in [0.717, 1.165) is 10.4 Å². The van der Waals surface area contributed by atoms with E-state index in [1.807, 2.05) is 36.6 Å². The van der Waals surface area contributed by atoms with Crippen LogP contribution in [0.2, 0.25) is 0 Å². The molecule has 0 saturated carbocycles. The summed E-state index contributed by atoms with van der Waals surface area (Å²) in [6.45, 7) is 1.84. The molecule has 6 heteroatoms. The minimum absolute atomic E-state index is 0.0821. The number of aliphatic hydroxyl groups is 1. The number of anilines is 1. The number of aryl methyl sites for hydroxylation is 1. The molecule has 0 bridgehead atoms. The van der Waals surface area contributed by atoms with Gasteiger partial charge in [0.05, 0.1) is 5.57 Å². The number of rotatable bonds is 3. The molecule has 27 heavy (non-hydrogen) atoms. The second-order valence-corrected chi connectivity index (χ2v) is 7.17. The summed E-state index contributed by atoms with van der Waals surface area (Å²) in [5, 5.41) is 12.8. The minimum atomic E-state index is -0.709. The molecule has 1 aliphatic heterocycles. The fourth-order valence-electron chi connectivity index (χ4n) is 3.25. The van der Waals surface area contributed by atoms with E-state index in [-0.39, 0.29) is 11.3 Å². The quantitative estimate of drug-likeness (QED) is 0.425. The number of nitrogens with zero attached hydrogens (tertiary/aromatic N) is 2. The van der Waals surface area contributed by atoms with Crippen LogP contribution in [0.15, 0.2) is 71.7 Å². The van der Waals surface area contributed by atoms with Crippen molar-refractivity contribution in [1.29, 1.82) is 0 Å². The third-order valence-corrected chi connectivity index (χ3v) is 5.44. The van der Waals surface area contributed by atoms with Gasteiger partial charge in [0.2, 0.25) is 0 Å². The molecule has 0 spiro atoms. The molecule has 1 saturated heterocycles. The summed E-state index contributed by atoms with van der Waals surface area (Å²) >= 11 is 1.43. The zero-order valence-electron chi connectivity index (χ0n) is 14.5. The number of thiophene rings is 1. The fraction of sp³-hybridized carbons (Fsp3) is 0.0952. The highest BCUT2D eigenvalue weighted by Gasteiger charge is 2.48. The van der Waals surface area contributed by atoms with Crippen molar-refractivity contribution < 1.29 is 14.7 Å². The molecule has 134 valence electrons. The zero-order valence-corrected chi connectivity index (χ0v) is 15.3. The van der Waals surface area contributed by atoms with Crippen molar-refractivity contribution in [3.63, 3.8) is 0 Å². The van der Waals surface area contributed by atoms with Gasteiger partial charge in [-0.2, -0.15) is 0 Å². The summed E-state index contributed by atoms with van der Waals surface area (Å²) in [6.07, 6.45) is 1.59. The first-order chi connectivity index (χ1) is 13.1. The van der Waals surface area contributed by atoms with E-state index >= 15 is 0 Å². The summed E-state index contributed by atoms with van der Waals surface area (Å²) < 4.78 is 0. The van der Waals surface area contributed by atoms with Crippen LogP contribution in [0.3, 0.4) is 0 Å². The van der Waals surface area contributed by atoms with E-state index in [0.29, 0.717) is 11.4 Å². The third-order valence-electron chi connectivity index (χ3n) is 4.51. The Hall–Kier alpha value is -3.25. The highest BCUT2D eigenvalue weighted by Crippen LogP contribution is 2.43. The molecular weight excluding hydrogens is 360 g/mol. The minimum Gasteiger partial charge on any atom is -0.507 e. The summed E-state index contributed by atoms with van der Waals surface area (Å²) in [6, 6.07) is 15.4. The molecule has 1 unspecified atom stereocenters. The number of pyridine rings is 1. The van der Waals surface area contributed by atoms with Gasteiger partial charge < -0.3 is 5.11 Å². The van der Waals surface area contributed by atoms with Crippen molar-refractivity contribution in [3.8, 4) is 0 Å². The first kappa shape index (κ1) is 17.2. The maximum absolute atomic E-state index is 12.9. The first-order valence-corrected chi connectivity index (χ1v) is 9.29. The van der Waals surface area contributed by atoms with Crippen LogP contribution in [-0.4, -0.2) is 21.8 Å². The number of benzene rings is 1. The van der Waals surface area contributed by atoms with Gasteiger partial charge in [-0.25, -0.2) is 4.98 Å². The number of aliphatic hydroxyl groups excluding tert-OH is 1. The molecule has 0 radical (unpaired) electrons. The summed E-state index contributed by atoms with van der Waals surface area (Å²) in [5.74, 6) is -1.15. The molecule has 2 aromatic heterocycles. The Balaban J connectivity index is 1.96. The van der Waals surface area contributed by atoms with Crippen LogP contribution in [0.1, 0.15) is 22.0 Å². The van der Waals surface area contributed by atoms with Gasteiger partial charge in [-0.05, 0) is 30.0 Å². The lowest BCUT2D eigenvalue weighted by atomic mass is 10.00. The van der Waals surface area contributed by atoms with Gasteiger partial charge in [-0.15, -0.1) is 11.3 Å². The maximum atomic E-state index is 12.9. The van der Waals surface area contributed by atoms with Crippen molar-refractivity contribution in [1.82, 2.24) is 4.98 Å². The van der Waals surface area contributed by atoms with E-state index in [2.05, 4.69) is 4.98 Å². The number of carbonyl (C=O) groups is 2. The van der Waals surface area contributed by atoms with Gasteiger partial charge in [0.25, 0.3) is 5.78 Å². The number of hydrogen-bond acceptors (Lipinski definition) is 5. The van der Waals surface area contributed by atoms with Crippen LogP contribution in [-0.2, 0) is 9.59 Å². The third kappa shape index (κ3) is 2.84. The molecular formula is C21H16N2O3S. The topological polar surface area (TPSA) is 70.5 Å². The molecule has 1 aromatic carbocycles. The van der Waals surface area contributed by atoms with E-state index in [1.54, 1.807) is 36.5 Å². The molecule has 1 fully saturated rings. The predicted octanol–water partition coefficient (Wildman–Crippen LogP) is 4.08. The van der Waals surface area contributed by atoms with Crippen molar-refractivity contribution >= 4 is 34.6 Å². The standard InChI is InChI=1S/C21H16N2O3S/c1-13-7-5-11-22-20(13)23-17(15-10-6-12-27-15)16(19(25)21(23)26)18(24)14-8-3-2-4-9-14/h2-12,17,24H,1H3. The molecule has 1 aliphatic rings. The van der Waals surface area contributed by atoms with Crippen molar-refractivity contribution in [2.24, 2.45) is 0 Å². The average molecular weight is 376 g/mol. The van der Waals surface area contributed by atoms with Crippen molar-refractivity contribution in [2.75, 3.05) is 4.90 Å². The Bertz CT molecular complexity index is 1040. The molecule has 0 aliphatic carbocycles. The van der Waals surface area contributed by atoms with E-state index in [1.165, 1.54) is 16.2 Å². The van der Waals surface area contributed by atoms with Crippen LogP contribution in [0.5, 0.6) is 0 Å². The lowest BCUT2D eigenvalue weighted by molar-refractivity contribution is -0.132. The smallest absolute Gasteiger partial charge is 0.301 e. The molecule has 3 aromatic rings. The van der Waals surface area contributed by atoms with Crippen LogP contribution < -0.4 is 4.90 Å². The largest absolute Gasteiger partial charge is 0.507 e. The van der Waals surface area contributed by atoms with Gasteiger partial charge in [0.1, 0.15) is 17.6 Å². The molecule has 1 amide bonds. The van der Waals surface area contributed by atoms with Gasteiger partial charge >= 0.3 is 5.91 Å². The number of amides is 1. The van der Waals surface area contributed by atoms with Gasteiger partial charge in [0, 0.05) is 16.6 Å². The zero-order chi connectivity index (χ0) is 19.0.